The van der Waals surface area contributed by atoms with Gasteiger partial charge in [-0.3, -0.25) is 4.79 Å². The van der Waals surface area contributed by atoms with Gasteiger partial charge in [0.2, 0.25) is 5.95 Å². The van der Waals surface area contributed by atoms with Gasteiger partial charge in [-0.2, -0.15) is 0 Å². The molecule has 0 spiro atoms. The molecule has 1 aliphatic heterocycles. The van der Waals surface area contributed by atoms with E-state index in [0.717, 1.165) is 28.1 Å². The van der Waals surface area contributed by atoms with E-state index in [9.17, 15) is 13.2 Å². The number of hydrogen-bond donors (Lipinski definition) is 2. The molecule has 1 amide bonds. The van der Waals surface area contributed by atoms with E-state index in [-0.39, 0.29) is 11.3 Å². The Morgan fingerprint density at radius 1 is 1.09 bits per heavy atom. The van der Waals surface area contributed by atoms with Crippen molar-refractivity contribution in [3.05, 3.63) is 71.4 Å². The van der Waals surface area contributed by atoms with Crippen LogP contribution in [0.4, 0.5) is 11.6 Å². The van der Waals surface area contributed by atoms with Crippen LogP contribution < -0.4 is 10.6 Å². The van der Waals surface area contributed by atoms with E-state index in [2.05, 4.69) is 29.5 Å². The lowest BCUT2D eigenvalue weighted by Gasteiger charge is -2.32. The number of carbonyl (C=O) groups is 1. The van der Waals surface area contributed by atoms with Crippen LogP contribution in [0.1, 0.15) is 48.2 Å². The van der Waals surface area contributed by atoms with Crippen molar-refractivity contribution in [1.82, 2.24) is 15.3 Å². The molecule has 3 aromatic rings. The van der Waals surface area contributed by atoms with Gasteiger partial charge in [0.1, 0.15) is 0 Å². The number of anilines is 2. The van der Waals surface area contributed by atoms with Gasteiger partial charge < -0.3 is 10.6 Å². The molecule has 1 aliphatic carbocycles. The Bertz CT molecular complexity index is 1390. The molecule has 2 aliphatic rings. The number of nitrogens with zero attached hydrogens (tertiary/aromatic N) is 2. The van der Waals surface area contributed by atoms with Crippen LogP contribution in [0.15, 0.2) is 54.7 Å². The second-order valence-corrected chi connectivity index (χ2v) is 12.5. The monoisotopic (exact) mass is 476 g/mol. The summed E-state index contributed by atoms with van der Waals surface area (Å²) in [4.78, 5) is 21.3. The van der Waals surface area contributed by atoms with E-state index in [1.807, 2.05) is 48.5 Å². The first-order valence-electron chi connectivity index (χ1n) is 11.4. The van der Waals surface area contributed by atoms with Gasteiger partial charge >= 0.3 is 0 Å². The molecule has 5 rings (SSSR count). The summed E-state index contributed by atoms with van der Waals surface area (Å²) in [5.74, 6) is 0.406. The normalized spacial score (nSPS) is 18.0. The van der Waals surface area contributed by atoms with Gasteiger partial charge in [0, 0.05) is 41.2 Å². The number of aromatic nitrogens is 2. The van der Waals surface area contributed by atoms with Crippen LogP contribution in [-0.2, 0) is 21.7 Å². The number of hydrogen-bond acceptors (Lipinski definition) is 6. The van der Waals surface area contributed by atoms with Crippen LogP contribution in [0.5, 0.6) is 0 Å². The summed E-state index contributed by atoms with van der Waals surface area (Å²) in [5.41, 5.74) is 5.00. The van der Waals surface area contributed by atoms with Crippen molar-refractivity contribution >= 4 is 27.4 Å². The van der Waals surface area contributed by atoms with Crippen molar-refractivity contribution in [2.24, 2.45) is 0 Å². The summed E-state index contributed by atoms with van der Waals surface area (Å²) < 4.78 is 23.7. The number of fused-ring (bicyclic) bond motifs is 1. The third-order valence-electron chi connectivity index (χ3n) is 6.94. The number of amides is 1. The standard InChI is InChI=1S/C26H28N4O3S/c1-25(2)16-28-23(31)20-8-7-18(14-21(20)25)22-9-12-27-24(30-22)29-19-6-4-5-17(13-19)15-26(10-11-26)34(3,32)33/h4-9,12-14H,10-11,15-16H2,1-3H3,(H,28,31)(H,27,29,30). The highest BCUT2D eigenvalue weighted by Gasteiger charge is 2.51. The van der Waals surface area contributed by atoms with Crippen LogP contribution in [0.2, 0.25) is 0 Å². The van der Waals surface area contributed by atoms with Crippen molar-refractivity contribution in [2.75, 3.05) is 18.1 Å². The van der Waals surface area contributed by atoms with E-state index < -0.39 is 14.6 Å². The second kappa shape index (κ2) is 7.91. The molecule has 8 heteroatoms. The Morgan fingerprint density at radius 2 is 1.88 bits per heavy atom. The predicted molar refractivity (Wildman–Crippen MR) is 133 cm³/mol. The third-order valence-corrected chi connectivity index (χ3v) is 9.06. The minimum atomic E-state index is -3.09. The Hall–Kier alpha value is -3.26. The molecule has 176 valence electrons. The minimum absolute atomic E-state index is 0.0466. The lowest BCUT2D eigenvalue weighted by Crippen LogP contribution is -2.43. The Morgan fingerprint density at radius 3 is 2.62 bits per heavy atom. The van der Waals surface area contributed by atoms with Crippen molar-refractivity contribution in [1.29, 1.82) is 0 Å². The van der Waals surface area contributed by atoms with E-state index in [1.54, 1.807) is 6.20 Å². The molecule has 0 bridgehead atoms. The van der Waals surface area contributed by atoms with Crippen molar-refractivity contribution in [2.45, 2.75) is 43.3 Å². The molecule has 1 saturated carbocycles. The molecule has 0 unspecified atom stereocenters. The molecular formula is C26H28N4O3S. The summed E-state index contributed by atoms with van der Waals surface area (Å²) in [6, 6.07) is 15.4. The fourth-order valence-corrected chi connectivity index (χ4v) is 5.88. The molecular weight excluding hydrogens is 448 g/mol. The molecule has 7 nitrogen and oxygen atoms in total. The van der Waals surface area contributed by atoms with Gasteiger partial charge in [-0.05, 0) is 60.7 Å². The van der Waals surface area contributed by atoms with Crippen LogP contribution >= 0.6 is 0 Å². The van der Waals surface area contributed by atoms with Crippen molar-refractivity contribution in [3.63, 3.8) is 0 Å². The summed E-state index contributed by atoms with van der Waals surface area (Å²) in [5, 5.41) is 6.20. The fourth-order valence-electron chi connectivity index (χ4n) is 4.61. The fraction of sp³-hybridized carbons (Fsp3) is 0.346. The summed E-state index contributed by atoms with van der Waals surface area (Å²) in [6.07, 6.45) is 4.98. The molecule has 1 fully saturated rings. The lowest BCUT2D eigenvalue weighted by atomic mass is 9.78. The number of benzene rings is 2. The van der Waals surface area contributed by atoms with Gasteiger partial charge in [0.05, 0.1) is 10.4 Å². The van der Waals surface area contributed by atoms with E-state index in [0.29, 0.717) is 37.3 Å². The first-order valence-corrected chi connectivity index (χ1v) is 13.3. The van der Waals surface area contributed by atoms with Crippen LogP contribution in [0.25, 0.3) is 11.3 Å². The number of rotatable bonds is 6. The van der Waals surface area contributed by atoms with Crippen LogP contribution in [0, 0.1) is 0 Å². The van der Waals surface area contributed by atoms with Gasteiger partial charge in [0.25, 0.3) is 5.91 Å². The Balaban J connectivity index is 1.40. The second-order valence-electron chi connectivity index (χ2n) is 10.0. The molecule has 1 aromatic heterocycles. The maximum atomic E-state index is 12.3. The summed E-state index contributed by atoms with van der Waals surface area (Å²) >= 11 is 0. The highest BCUT2D eigenvalue weighted by molar-refractivity contribution is 7.92. The minimum Gasteiger partial charge on any atom is -0.351 e. The van der Waals surface area contributed by atoms with Gasteiger partial charge in [0.15, 0.2) is 9.84 Å². The molecule has 2 heterocycles. The largest absolute Gasteiger partial charge is 0.351 e. The van der Waals surface area contributed by atoms with Gasteiger partial charge in [-0.15, -0.1) is 0 Å². The Labute approximate surface area is 200 Å². The maximum Gasteiger partial charge on any atom is 0.251 e. The number of sulfone groups is 1. The molecule has 0 saturated heterocycles. The van der Waals surface area contributed by atoms with Gasteiger partial charge in [-0.1, -0.05) is 32.0 Å². The maximum absolute atomic E-state index is 12.3. The topological polar surface area (TPSA) is 101 Å². The smallest absolute Gasteiger partial charge is 0.251 e. The molecule has 34 heavy (non-hydrogen) atoms. The molecule has 0 atom stereocenters. The molecule has 0 radical (unpaired) electrons. The van der Waals surface area contributed by atoms with Crippen molar-refractivity contribution in [3.8, 4) is 11.3 Å². The highest BCUT2D eigenvalue weighted by atomic mass is 32.2. The van der Waals surface area contributed by atoms with Crippen molar-refractivity contribution < 1.29 is 13.2 Å². The van der Waals surface area contributed by atoms with Crippen LogP contribution in [0.3, 0.4) is 0 Å². The zero-order valence-electron chi connectivity index (χ0n) is 19.6. The van der Waals surface area contributed by atoms with E-state index >= 15 is 0 Å². The summed E-state index contributed by atoms with van der Waals surface area (Å²) in [6.45, 7) is 4.82. The predicted octanol–water partition coefficient (Wildman–Crippen LogP) is 4.03. The zero-order valence-corrected chi connectivity index (χ0v) is 20.4. The third kappa shape index (κ3) is 4.18. The molecule has 2 N–H and O–H groups in total. The van der Waals surface area contributed by atoms with E-state index in [4.69, 9.17) is 4.98 Å². The average molecular weight is 477 g/mol. The van der Waals surface area contributed by atoms with E-state index in [1.165, 1.54) is 6.26 Å². The number of nitrogens with one attached hydrogen (secondary N) is 2. The van der Waals surface area contributed by atoms with Gasteiger partial charge in [-0.25, -0.2) is 18.4 Å². The first-order chi connectivity index (χ1) is 16.1. The quantitative estimate of drug-likeness (QED) is 0.557. The van der Waals surface area contributed by atoms with Crippen LogP contribution in [-0.4, -0.2) is 41.8 Å². The zero-order chi connectivity index (χ0) is 24.1. The highest BCUT2D eigenvalue weighted by Crippen LogP contribution is 2.46. The SMILES string of the molecule is CC1(C)CNC(=O)c2ccc(-c3ccnc(Nc4cccc(CC5(S(C)(=O)=O)CC5)c4)n3)cc21. The molecule has 2 aromatic carbocycles. The lowest BCUT2D eigenvalue weighted by molar-refractivity contribution is 0.0930. The Kier molecular flexibility index (Phi) is 5.24. The average Bonchev–Trinajstić information content (AvgIpc) is 3.58. The number of carbonyl (C=O) groups excluding carboxylic acids is 1. The summed E-state index contributed by atoms with van der Waals surface area (Å²) in [7, 11) is -3.09. The first kappa shape index (κ1) is 22.5.